The standard InChI is InChI=1S/C25H54NO4P/c1-4-6-8-9-10-11-12-13-14-15-16-17-18-19-20-22-24-29-31(27,28)30-25-26(3)23-21-7-5-2/h4-25H2,1-3H3,(H,27,28). The average Bonchev–Trinajstić information content (AvgIpc) is 2.75. The predicted octanol–water partition coefficient (Wildman–Crippen LogP) is 8.46. The normalized spacial score (nSPS) is 13.7. The van der Waals surface area contributed by atoms with Gasteiger partial charge in [-0.1, -0.05) is 123 Å². The first kappa shape index (κ1) is 31.1. The number of unbranched alkanes of at least 4 members (excludes halogenated alkanes) is 17. The zero-order valence-electron chi connectivity index (χ0n) is 21.1. The van der Waals surface area contributed by atoms with Gasteiger partial charge >= 0.3 is 7.82 Å². The van der Waals surface area contributed by atoms with E-state index in [9.17, 15) is 9.46 Å². The van der Waals surface area contributed by atoms with E-state index in [4.69, 9.17) is 9.05 Å². The number of phosphoric ester groups is 1. The van der Waals surface area contributed by atoms with Gasteiger partial charge in [0.05, 0.1) is 6.61 Å². The van der Waals surface area contributed by atoms with Crippen molar-refractivity contribution in [2.75, 3.05) is 26.9 Å². The second kappa shape index (κ2) is 23.2. The Morgan fingerprint density at radius 2 is 1.00 bits per heavy atom. The van der Waals surface area contributed by atoms with Crippen LogP contribution in [0, 0.1) is 0 Å². The molecule has 0 aliphatic rings. The van der Waals surface area contributed by atoms with Gasteiger partial charge in [-0.15, -0.1) is 0 Å². The molecule has 0 saturated carbocycles. The highest BCUT2D eigenvalue weighted by Crippen LogP contribution is 2.43. The molecular formula is C25H54NO4P. The highest BCUT2D eigenvalue weighted by atomic mass is 31.2. The van der Waals surface area contributed by atoms with E-state index >= 15 is 0 Å². The van der Waals surface area contributed by atoms with Crippen LogP contribution in [-0.4, -0.2) is 36.7 Å². The fraction of sp³-hybridized carbons (Fsp3) is 1.00. The molecule has 0 aromatic carbocycles. The number of rotatable bonds is 25. The lowest BCUT2D eigenvalue weighted by atomic mass is 10.0. The molecule has 0 aliphatic heterocycles. The van der Waals surface area contributed by atoms with Gasteiger partial charge in [0.15, 0.2) is 0 Å². The van der Waals surface area contributed by atoms with E-state index in [-0.39, 0.29) is 6.73 Å². The summed E-state index contributed by atoms with van der Waals surface area (Å²) in [5, 5.41) is 0. The van der Waals surface area contributed by atoms with Crippen LogP contribution >= 0.6 is 7.82 Å². The molecule has 0 aliphatic carbocycles. The Morgan fingerprint density at radius 3 is 1.45 bits per heavy atom. The molecule has 5 nitrogen and oxygen atoms in total. The van der Waals surface area contributed by atoms with Crippen molar-refractivity contribution in [2.45, 2.75) is 136 Å². The van der Waals surface area contributed by atoms with Crippen LogP contribution in [0.3, 0.4) is 0 Å². The molecule has 0 fully saturated rings. The summed E-state index contributed by atoms with van der Waals surface area (Å²) < 4.78 is 22.0. The summed E-state index contributed by atoms with van der Waals surface area (Å²) in [7, 11) is -2.02. The Hall–Kier alpha value is 0.0700. The maximum atomic E-state index is 11.9. The summed E-state index contributed by atoms with van der Waals surface area (Å²) in [4.78, 5) is 11.7. The summed E-state index contributed by atoms with van der Waals surface area (Å²) in [6, 6.07) is 0. The second-order valence-corrected chi connectivity index (χ2v) is 10.6. The smallest absolute Gasteiger partial charge is 0.302 e. The number of nitrogens with zero attached hydrogens (tertiary/aromatic N) is 1. The van der Waals surface area contributed by atoms with Crippen LogP contribution in [0.25, 0.3) is 0 Å². The van der Waals surface area contributed by atoms with Gasteiger partial charge in [0.25, 0.3) is 0 Å². The quantitative estimate of drug-likeness (QED) is 0.0836. The van der Waals surface area contributed by atoms with E-state index < -0.39 is 7.82 Å². The van der Waals surface area contributed by atoms with Gasteiger partial charge in [-0.3, -0.25) is 13.9 Å². The minimum atomic E-state index is -3.92. The zero-order valence-corrected chi connectivity index (χ0v) is 22.0. The maximum absolute atomic E-state index is 11.9. The van der Waals surface area contributed by atoms with Gasteiger partial charge in [-0.2, -0.15) is 0 Å². The minimum Gasteiger partial charge on any atom is -0.302 e. The molecule has 0 saturated heterocycles. The fourth-order valence-corrected chi connectivity index (χ4v) is 4.51. The predicted molar refractivity (Wildman–Crippen MR) is 133 cm³/mol. The van der Waals surface area contributed by atoms with Gasteiger partial charge in [0, 0.05) is 0 Å². The SMILES string of the molecule is CCCCCCCCCCCCCCCCCCOP(=O)(O)OCN(C)CCCCC. The first-order valence-electron chi connectivity index (χ1n) is 13.3. The largest absolute Gasteiger partial charge is 0.473 e. The van der Waals surface area contributed by atoms with Crippen molar-refractivity contribution in [1.82, 2.24) is 4.90 Å². The van der Waals surface area contributed by atoms with Crippen molar-refractivity contribution >= 4 is 7.82 Å². The summed E-state index contributed by atoms with van der Waals surface area (Å²) in [5.74, 6) is 0. The van der Waals surface area contributed by atoms with Crippen LogP contribution in [0.4, 0.5) is 0 Å². The van der Waals surface area contributed by atoms with Gasteiger partial charge in [0.2, 0.25) is 0 Å². The minimum absolute atomic E-state index is 0.135. The molecule has 0 heterocycles. The van der Waals surface area contributed by atoms with Crippen LogP contribution in [0.2, 0.25) is 0 Å². The molecule has 0 rings (SSSR count). The molecule has 0 aromatic rings. The lowest BCUT2D eigenvalue weighted by Crippen LogP contribution is -2.22. The van der Waals surface area contributed by atoms with Crippen LogP contribution in [0.5, 0.6) is 0 Å². The topological polar surface area (TPSA) is 59.0 Å². The average molecular weight is 464 g/mol. The second-order valence-electron chi connectivity index (χ2n) is 9.15. The van der Waals surface area contributed by atoms with E-state index in [1.54, 1.807) is 0 Å². The zero-order chi connectivity index (χ0) is 23.0. The third-order valence-electron chi connectivity index (χ3n) is 5.84. The molecule has 0 radical (unpaired) electrons. The van der Waals surface area contributed by atoms with Gasteiger partial charge < -0.3 is 4.89 Å². The number of hydrogen-bond acceptors (Lipinski definition) is 4. The van der Waals surface area contributed by atoms with Crippen LogP contribution in [0.15, 0.2) is 0 Å². The summed E-state index contributed by atoms with van der Waals surface area (Å²) in [6.07, 6.45) is 24.4. The summed E-state index contributed by atoms with van der Waals surface area (Å²) in [5.41, 5.74) is 0. The Labute approximate surface area is 194 Å². The van der Waals surface area contributed by atoms with Gasteiger partial charge in [0.1, 0.15) is 6.73 Å². The molecule has 188 valence electrons. The summed E-state index contributed by atoms with van der Waals surface area (Å²) in [6.45, 7) is 5.73. The molecule has 31 heavy (non-hydrogen) atoms. The summed E-state index contributed by atoms with van der Waals surface area (Å²) >= 11 is 0. The van der Waals surface area contributed by atoms with Gasteiger partial charge in [-0.05, 0) is 26.4 Å². The Balaban J connectivity index is 3.33. The highest BCUT2D eigenvalue weighted by Gasteiger charge is 2.21. The molecule has 0 spiro atoms. The monoisotopic (exact) mass is 463 g/mol. The van der Waals surface area contributed by atoms with E-state index in [0.717, 1.165) is 38.6 Å². The number of phosphoric acid groups is 1. The maximum Gasteiger partial charge on any atom is 0.473 e. The molecule has 1 atom stereocenters. The molecule has 0 amide bonds. The van der Waals surface area contributed by atoms with Crippen molar-refractivity contribution in [3.8, 4) is 0 Å². The molecule has 0 bridgehead atoms. The Kier molecular flexibility index (Phi) is 23.3. The first-order valence-corrected chi connectivity index (χ1v) is 14.8. The van der Waals surface area contributed by atoms with Crippen molar-refractivity contribution in [1.29, 1.82) is 0 Å². The molecule has 0 aromatic heterocycles. The van der Waals surface area contributed by atoms with E-state index in [1.165, 1.54) is 89.9 Å². The molecule has 6 heteroatoms. The van der Waals surface area contributed by atoms with E-state index in [2.05, 4.69) is 13.8 Å². The number of hydrogen-bond donors (Lipinski definition) is 1. The fourth-order valence-electron chi connectivity index (χ4n) is 3.74. The van der Waals surface area contributed by atoms with Crippen molar-refractivity contribution in [2.24, 2.45) is 0 Å². The van der Waals surface area contributed by atoms with E-state index in [0.29, 0.717) is 6.61 Å². The lowest BCUT2D eigenvalue weighted by molar-refractivity contribution is 0.0874. The van der Waals surface area contributed by atoms with Crippen molar-refractivity contribution < 1.29 is 18.5 Å². The molecule has 1 unspecified atom stereocenters. The molecular weight excluding hydrogens is 409 g/mol. The van der Waals surface area contributed by atoms with Crippen molar-refractivity contribution in [3.05, 3.63) is 0 Å². The van der Waals surface area contributed by atoms with E-state index in [1.807, 2.05) is 11.9 Å². The van der Waals surface area contributed by atoms with Crippen LogP contribution in [-0.2, 0) is 13.6 Å². The highest BCUT2D eigenvalue weighted by molar-refractivity contribution is 7.47. The van der Waals surface area contributed by atoms with Crippen LogP contribution in [0.1, 0.15) is 136 Å². The van der Waals surface area contributed by atoms with Gasteiger partial charge in [-0.25, -0.2) is 4.57 Å². The Morgan fingerprint density at radius 1 is 0.613 bits per heavy atom. The Bertz CT molecular complexity index is 409. The lowest BCUT2D eigenvalue weighted by Gasteiger charge is -2.18. The van der Waals surface area contributed by atoms with Crippen LogP contribution < -0.4 is 0 Å². The van der Waals surface area contributed by atoms with Crippen molar-refractivity contribution in [3.63, 3.8) is 0 Å². The first-order chi connectivity index (χ1) is 15.0. The molecule has 1 N–H and O–H groups in total. The third-order valence-corrected chi connectivity index (χ3v) is 6.79. The third kappa shape index (κ3) is 24.5.